The van der Waals surface area contributed by atoms with E-state index in [4.69, 9.17) is 10.8 Å². The lowest BCUT2D eigenvalue weighted by atomic mass is 11.5. The average molecular weight is 2040 g/mol. The number of hydrogen-bond donors (Lipinski definition) is 1. The first kappa shape index (κ1) is 117. The second-order valence-electron chi connectivity index (χ2n) is 12.9. The minimum Gasteiger partial charge on any atom is -0.183 e. The maximum atomic E-state index is 8.04. The molecule has 0 amide bonds. The Balaban J connectivity index is 4.14. The lowest BCUT2D eigenvalue weighted by Gasteiger charge is -1.71. The van der Waals surface area contributed by atoms with E-state index in [2.05, 4.69) is 747 Å². The van der Waals surface area contributed by atoms with Crippen molar-refractivity contribution in [2.45, 2.75) is 0 Å². The lowest BCUT2D eigenvalue weighted by Crippen LogP contribution is -1.52. The fourth-order valence-electron chi connectivity index (χ4n) is 2.55. The van der Waals surface area contributed by atoms with Crippen LogP contribution in [0.2, 0.25) is 0 Å². The average Bonchev–Trinajstić information content (AvgIpc) is 1.11. The number of nitriles is 1. The Kier molecular flexibility index (Phi) is 92.5. The monoisotopic (exact) mass is 2040 g/mol. The van der Waals surface area contributed by atoms with Crippen LogP contribution in [0.3, 0.4) is 0 Å². The zero-order chi connectivity index (χ0) is 104. The van der Waals surface area contributed by atoms with Crippen LogP contribution in [0.5, 0.6) is 0 Å². The Morgan fingerprint density at radius 2 is 0.110 bits per heavy atom. The third kappa shape index (κ3) is 115. The summed E-state index contributed by atoms with van der Waals surface area (Å²) in [6, 6.07) is 0. The van der Waals surface area contributed by atoms with Crippen LogP contribution in [0, 0.1) is 17.0 Å². The zero-order valence-corrected chi connectivity index (χ0v) is 65.4. The van der Waals surface area contributed by atoms with Crippen molar-refractivity contribution in [3.05, 3.63) is 0 Å². The van der Waals surface area contributed by atoms with Gasteiger partial charge in [0, 0.05) is 658 Å². The van der Waals surface area contributed by atoms with Crippen LogP contribution < -0.4 is 0 Å². The second kappa shape index (κ2) is 116. The minimum absolute atomic E-state index is 1.31. The number of nitrogens with zero attached hydrogens (tertiary/aromatic N) is 144. The van der Waals surface area contributed by atoms with Crippen molar-refractivity contribution in [3.63, 3.8) is 0 Å². The highest BCUT2D eigenvalue weighted by atomic mass is 15.9. The third-order valence-corrected chi connectivity index (χ3v) is 5.73. The van der Waals surface area contributed by atoms with Gasteiger partial charge in [-0.2, -0.15) is 10.8 Å². The molecule has 0 aliphatic rings. The predicted molar refractivity (Wildman–Crippen MR) is 356 cm³/mol. The van der Waals surface area contributed by atoms with Gasteiger partial charge in [0.15, 0.2) is 0 Å². The molecule has 146 heavy (non-hydrogen) atoms. The molecule has 0 heterocycles. The standard InChI is InChI=1S/CHN145/c2-1-4-6-8-10-12-14-16-18-20-22-24-26-28-30-32-34-36-38-40-42-44-46-48-50-52-54-56-58-60-62-64-66-68-70-72-74-76-78-80-82-84-86-88-90-92-94-96-98-100-102-104-106-108-110-112-114-116-118-120-122-124-126-128-130-132-134-136-138-140-142-144-146-145-143-141-139-137-135-133-131-129-127-125-123-121-119-117-115-113-111-109-107-105-103-101-99-97-95-93-91-89-87-85-83-81-79-77-75-73-71-69-67-65-63-61-59-57-55-53-51-49-47-45-43-41-39-37-35-33-31-29-27-25-23-21-19-17-15-13-11-9-7-5-3/h3H/b5-3?,6-4+,9-7+,10-8+,13-11+,14-12+,17-15+,18-16+,21-19+,22-20+,25-23+,26-24+,29-27+,30-28+,33-31+,34-32+,37-35+,38-36+,41-39+,42-40+,45-43+,46-44+,49-47+,50-48+,53-51+,54-52+,57-55+,58-56+,61-59+,62-60+,65-63+,66-64+,69-67+,70-68+,73-71+,74-72+,77-75+,78-76+,81-79+,82-80+,85-83+,86-84+,89-87+,90-88+,93-91+,94-92+,97-95+,98-96+,101-99+,102-100+,105-103+,106-104+,109-107+,110-108+,113-111+,114-112+,117-115+,118-116+,121-119+,122-120+,125-123+,126-124+,129-127+,130-128+,133-131+,134-132+,137-135+,138-136+,141-139+,142-140+,145-143+,146-144+. The van der Waals surface area contributed by atoms with Crippen LogP contribution in [0.25, 0.3) is 0 Å². The van der Waals surface area contributed by atoms with Crippen LogP contribution >= 0.6 is 0 Å². The first-order valence-electron chi connectivity index (χ1n) is 29.1. The summed E-state index contributed by atoms with van der Waals surface area (Å²) in [5.74, 6) is 0. The van der Waals surface area contributed by atoms with Crippen LogP contribution in [0.15, 0.2) is 747 Å². The molecular formula is CHN145. The number of rotatable bonds is 71. The SMILES string of the molecule is N#C/N=N/N=N/N=N/N=N/N=N/N=N/N=N/N=N/N=N/N=N/N=N/N=N/N=N/N=N/N=N/N=N/N=N/N=N/N=N/N=N/N=N/N=N/N=N/N=N/N=N/N=N/N=N/N=N/N=N/N=N/N=N/N=N/N=N/N=N/N=N/N=N/N=N/N=N/N=N/N=N/N=N/N=N/N=N/N=N/N=N/N=N/N=N/N=N/N=N/N=N/N=N/N=N/N=N/N=N/N=N/N=N/N=N/N=N/N=N/N=N/N=N/N=N/N=N/N=N/N=N/N=N/N=N/N=N/N=N/N=N/N=N/N=N. The Hall–Kier alpha value is -29.3. The van der Waals surface area contributed by atoms with Gasteiger partial charge in [-0.15, -0.1) is 0 Å². The molecule has 0 aromatic rings. The van der Waals surface area contributed by atoms with E-state index in [9.17, 15) is 0 Å². The van der Waals surface area contributed by atoms with E-state index in [-0.39, 0.29) is 0 Å². The molecule has 0 aliphatic carbocycles. The molecule has 0 bridgehead atoms. The summed E-state index contributed by atoms with van der Waals surface area (Å²) in [6.45, 7) is 0. The maximum absolute atomic E-state index is 8.04. The highest BCUT2D eigenvalue weighted by molar-refractivity contribution is 4.56. The van der Waals surface area contributed by atoms with Gasteiger partial charge in [0.25, 0.3) is 0 Å². The maximum Gasteiger partial charge on any atom is 0.227 e. The Labute approximate surface area is 763 Å². The van der Waals surface area contributed by atoms with Crippen LogP contribution in [0.4, 0.5) is 0 Å². The van der Waals surface area contributed by atoms with Crippen molar-refractivity contribution in [2.24, 2.45) is 747 Å². The third-order valence-electron chi connectivity index (χ3n) is 5.73. The van der Waals surface area contributed by atoms with Crippen molar-refractivity contribution in [1.82, 2.24) is 0 Å². The molecule has 730 valence electrons. The largest absolute Gasteiger partial charge is 0.227 e. The molecule has 0 aromatic carbocycles. The summed E-state index contributed by atoms with van der Waals surface area (Å²) in [6.07, 6.45) is 1.31. The first-order chi connectivity index (χ1) is 72.9. The summed E-state index contributed by atoms with van der Waals surface area (Å²) in [4.78, 5) is 0. The van der Waals surface area contributed by atoms with Gasteiger partial charge in [-0.1, -0.05) is 0 Å². The van der Waals surface area contributed by atoms with Gasteiger partial charge in [0.1, 0.15) is 0 Å². The molecule has 0 fully saturated rings. The fraction of sp³-hybridized carbons (Fsp3) is 0. The van der Waals surface area contributed by atoms with Gasteiger partial charge in [0.05, 0.1) is 0 Å². The zero-order valence-electron chi connectivity index (χ0n) is 65.4. The highest BCUT2D eigenvalue weighted by Gasteiger charge is 1.85. The summed E-state index contributed by atoms with van der Waals surface area (Å²) >= 11 is 0. The van der Waals surface area contributed by atoms with Gasteiger partial charge in [-0.3, -0.25) is 0 Å². The minimum atomic E-state index is 1.31. The van der Waals surface area contributed by atoms with Crippen molar-refractivity contribution < 1.29 is 0 Å². The van der Waals surface area contributed by atoms with Gasteiger partial charge in [-0.25, -0.2) is 0 Å². The van der Waals surface area contributed by atoms with Crippen LogP contribution in [0.1, 0.15) is 0 Å². The van der Waals surface area contributed by atoms with Crippen LogP contribution in [-0.4, -0.2) is 0 Å². The van der Waals surface area contributed by atoms with E-state index in [1.165, 1.54) is 6.19 Å². The Bertz CT molecular complexity index is 5330. The molecule has 145 nitrogen and oxygen atoms in total. The highest BCUT2D eigenvalue weighted by Crippen LogP contribution is 2.03. The molecular weight excluding hydrogens is 2040 g/mol. The van der Waals surface area contributed by atoms with Crippen molar-refractivity contribution in [2.75, 3.05) is 0 Å². The normalized spacial score (nSPS) is 15.7. The molecule has 0 saturated heterocycles. The molecule has 0 aliphatic heterocycles. The van der Waals surface area contributed by atoms with Crippen molar-refractivity contribution in [1.29, 1.82) is 10.8 Å². The molecule has 0 unspecified atom stereocenters. The van der Waals surface area contributed by atoms with E-state index in [0.29, 0.717) is 0 Å². The molecule has 0 atom stereocenters. The number of hydrogen-bond acceptors (Lipinski definition) is 3. The Morgan fingerprint density at radius 3 is 0.151 bits per heavy atom. The molecule has 0 saturated carbocycles. The van der Waals surface area contributed by atoms with Crippen LogP contribution in [-0.2, 0) is 0 Å². The van der Waals surface area contributed by atoms with Crippen molar-refractivity contribution >= 4 is 0 Å². The second-order valence-corrected chi connectivity index (χ2v) is 12.9. The molecule has 0 radical (unpaired) electrons. The summed E-state index contributed by atoms with van der Waals surface area (Å²) in [5.41, 5.74) is 6.28. The fourth-order valence-corrected chi connectivity index (χ4v) is 2.55. The first-order valence-corrected chi connectivity index (χ1v) is 29.1. The van der Waals surface area contributed by atoms with E-state index in [0.717, 1.165) is 0 Å². The lowest BCUT2D eigenvalue weighted by molar-refractivity contribution is 0.722. The van der Waals surface area contributed by atoms with Gasteiger partial charge in [0.2, 0.25) is 6.19 Å². The molecule has 0 spiro atoms. The predicted octanol–water partition coefficient (Wildman–Crippen LogP) is 26.6. The molecule has 145 heteroatoms. The van der Waals surface area contributed by atoms with Crippen molar-refractivity contribution in [3.8, 4) is 6.19 Å². The van der Waals surface area contributed by atoms with E-state index in [1.807, 2.05) is 0 Å². The molecule has 0 aromatic heterocycles. The van der Waals surface area contributed by atoms with Gasteiger partial charge >= 0.3 is 0 Å². The molecule has 0 rings (SSSR count). The smallest absolute Gasteiger partial charge is 0.183 e. The van der Waals surface area contributed by atoms with Gasteiger partial charge < -0.3 is 0 Å². The summed E-state index contributed by atoms with van der Waals surface area (Å²) in [7, 11) is 0. The topological polar surface area (TPSA) is 1820 Å². The summed E-state index contributed by atoms with van der Waals surface area (Å²) in [5, 5.41) is 435. The van der Waals surface area contributed by atoms with Gasteiger partial charge in [-0.05, 0) is 88.7 Å². The molecule has 1 N–H and O–H groups in total. The number of nitrogens with one attached hydrogen (secondary N) is 1. The Morgan fingerprint density at radius 1 is 0.0685 bits per heavy atom. The quantitative estimate of drug-likeness (QED) is 0.0346. The van der Waals surface area contributed by atoms with E-state index in [1.54, 1.807) is 0 Å². The van der Waals surface area contributed by atoms with E-state index < -0.39 is 0 Å². The van der Waals surface area contributed by atoms with E-state index >= 15 is 0 Å². The summed E-state index contributed by atoms with van der Waals surface area (Å²) < 4.78 is 0.